The van der Waals surface area contributed by atoms with Crippen molar-refractivity contribution >= 4 is 0 Å². The van der Waals surface area contributed by atoms with Gasteiger partial charge in [-0.3, -0.25) is 0 Å². The van der Waals surface area contributed by atoms with Crippen LogP contribution in [0.3, 0.4) is 0 Å². The molecule has 0 aromatic heterocycles. The van der Waals surface area contributed by atoms with Gasteiger partial charge in [0, 0.05) is 0 Å². The average Bonchev–Trinajstić information content (AvgIpc) is 2.20. The summed E-state index contributed by atoms with van der Waals surface area (Å²) in [4.78, 5) is 0. The van der Waals surface area contributed by atoms with Crippen LogP contribution in [0.4, 0.5) is 0 Å². The standard InChI is InChI=1S/C15H23/c1-4-5-6-9-14-10-7-8-11-15(14)12-13(2)3/h7-8,10-11,13H,1,4-6,9,12H2,2-3H3. The molecule has 0 nitrogen and oxygen atoms in total. The number of rotatable bonds is 6. The van der Waals surface area contributed by atoms with E-state index in [1.165, 1.54) is 31.2 Å². The number of hydrogen-bond acceptors (Lipinski definition) is 0. The number of benzene rings is 1. The van der Waals surface area contributed by atoms with Crippen LogP contribution in [0.15, 0.2) is 24.3 Å². The summed E-state index contributed by atoms with van der Waals surface area (Å²) >= 11 is 0. The van der Waals surface area contributed by atoms with Crippen LogP contribution in [0.25, 0.3) is 0 Å². The van der Waals surface area contributed by atoms with Gasteiger partial charge in [-0.1, -0.05) is 57.9 Å². The van der Waals surface area contributed by atoms with Gasteiger partial charge in [0.15, 0.2) is 0 Å². The Morgan fingerprint density at radius 1 is 1.07 bits per heavy atom. The van der Waals surface area contributed by atoms with Crippen molar-refractivity contribution in [1.82, 2.24) is 0 Å². The Balaban J connectivity index is 2.60. The molecule has 0 heterocycles. The first-order valence-electron chi connectivity index (χ1n) is 6.10. The van der Waals surface area contributed by atoms with Crippen LogP contribution < -0.4 is 0 Å². The van der Waals surface area contributed by atoms with Crippen molar-refractivity contribution in [2.24, 2.45) is 5.92 Å². The van der Waals surface area contributed by atoms with Gasteiger partial charge in [-0.25, -0.2) is 0 Å². The van der Waals surface area contributed by atoms with E-state index in [9.17, 15) is 0 Å². The Labute approximate surface area is 94.7 Å². The Hall–Kier alpha value is -0.780. The van der Waals surface area contributed by atoms with Gasteiger partial charge in [0.2, 0.25) is 0 Å². The van der Waals surface area contributed by atoms with Crippen molar-refractivity contribution in [1.29, 1.82) is 0 Å². The van der Waals surface area contributed by atoms with E-state index in [-0.39, 0.29) is 0 Å². The van der Waals surface area contributed by atoms with Crippen molar-refractivity contribution in [3.63, 3.8) is 0 Å². The number of unbranched alkanes of at least 4 members (excludes halogenated alkanes) is 2. The van der Waals surface area contributed by atoms with Crippen LogP contribution in [-0.2, 0) is 12.8 Å². The molecule has 0 unspecified atom stereocenters. The van der Waals surface area contributed by atoms with Gasteiger partial charge >= 0.3 is 0 Å². The summed E-state index contributed by atoms with van der Waals surface area (Å²) in [7, 11) is 0. The maximum atomic E-state index is 3.89. The zero-order valence-electron chi connectivity index (χ0n) is 10.1. The van der Waals surface area contributed by atoms with Crippen molar-refractivity contribution in [3.8, 4) is 0 Å². The fourth-order valence-corrected chi connectivity index (χ4v) is 1.93. The first kappa shape index (κ1) is 12.3. The monoisotopic (exact) mass is 203 g/mol. The lowest BCUT2D eigenvalue weighted by Crippen LogP contribution is -1.99. The highest BCUT2D eigenvalue weighted by Gasteiger charge is 2.03. The average molecular weight is 203 g/mol. The minimum atomic E-state index is 0.749. The van der Waals surface area contributed by atoms with Gasteiger partial charge < -0.3 is 0 Å². The summed E-state index contributed by atoms with van der Waals surface area (Å²) in [5.74, 6) is 0.749. The lowest BCUT2D eigenvalue weighted by molar-refractivity contribution is 0.638. The third-order valence-corrected chi connectivity index (χ3v) is 2.69. The van der Waals surface area contributed by atoms with Crippen molar-refractivity contribution in [2.45, 2.75) is 46.0 Å². The third kappa shape index (κ3) is 4.51. The first-order valence-corrected chi connectivity index (χ1v) is 6.10. The second-order valence-electron chi connectivity index (χ2n) is 4.68. The van der Waals surface area contributed by atoms with E-state index in [0.29, 0.717) is 0 Å². The highest BCUT2D eigenvalue weighted by Crippen LogP contribution is 2.16. The minimum absolute atomic E-state index is 0.749. The molecule has 0 bridgehead atoms. The van der Waals surface area contributed by atoms with E-state index in [1.54, 1.807) is 5.56 Å². The number of aryl methyl sites for hydroxylation is 1. The fraction of sp³-hybridized carbons (Fsp3) is 0.533. The molecule has 0 fully saturated rings. The van der Waals surface area contributed by atoms with Gasteiger partial charge in [-0.15, -0.1) is 0 Å². The molecule has 0 saturated heterocycles. The molecule has 1 aromatic carbocycles. The molecule has 0 N–H and O–H groups in total. The van der Waals surface area contributed by atoms with Crippen LogP contribution >= 0.6 is 0 Å². The predicted molar refractivity (Wildman–Crippen MR) is 67.9 cm³/mol. The fourth-order valence-electron chi connectivity index (χ4n) is 1.93. The zero-order valence-corrected chi connectivity index (χ0v) is 10.1. The molecule has 15 heavy (non-hydrogen) atoms. The van der Waals surface area contributed by atoms with Crippen LogP contribution in [0, 0.1) is 12.8 Å². The molecule has 83 valence electrons. The molecule has 1 aromatic rings. The van der Waals surface area contributed by atoms with Crippen LogP contribution in [0.2, 0.25) is 0 Å². The quantitative estimate of drug-likeness (QED) is 0.600. The Morgan fingerprint density at radius 2 is 1.73 bits per heavy atom. The van der Waals surface area contributed by atoms with Gasteiger partial charge in [0.1, 0.15) is 0 Å². The summed E-state index contributed by atoms with van der Waals surface area (Å²) in [6.45, 7) is 8.46. The lowest BCUT2D eigenvalue weighted by atomic mass is 9.95. The molecular formula is C15H23. The zero-order chi connectivity index (χ0) is 11.1. The Morgan fingerprint density at radius 3 is 2.33 bits per heavy atom. The van der Waals surface area contributed by atoms with Crippen LogP contribution in [-0.4, -0.2) is 0 Å². The molecule has 1 rings (SSSR count). The van der Waals surface area contributed by atoms with E-state index in [0.717, 1.165) is 12.3 Å². The molecule has 1 radical (unpaired) electrons. The number of hydrogen-bond donors (Lipinski definition) is 0. The summed E-state index contributed by atoms with van der Waals surface area (Å²) in [5, 5.41) is 0. The smallest absolute Gasteiger partial charge is 0.0253 e. The highest BCUT2D eigenvalue weighted by atomic mass is 14.1. The molecule has 0 saturated carbocycles. The Bertz CT molecular complexity index is 273. The van der Waals surface area contributed by atoms with Crippen LogP contribution in [0.5, 0.6) is 0 Å². The largest absolute Gasteiger partial charge is 0.0625 e. The van der Waals surface area contributed by atoms with E-state index in [2.05, 4.69) is 45.0 Å². The molecule has 0 atom stereocenters. The highest BCUT2D eigenvalue weighted by molar-refractivity contribution is 5.27. The van der Waals surface area contributed by atoms with Crippen molar-refractivity contribution in [2.75, 3.05) is 0 Å². The summed E-state index contributed by atoms with van der Waals surface area (Å²) in [5.41, 5.74) is 3.08. The van der Waals surface area contributed by atoms with E-state index >= 15 is 0 Å². The second kappa shape index (κ2) is 6.66. The van der Waals surface area contributed by atoms with Gasteiger partial charge in [-0.2, -0.15) is 0 Å². The van der Waals surface area contributed by atoms with Crippen molar-refractivity contribution < 1.29 is 0 Å². The summed E-state index contributed by atoms with van der Waals surface area (Å²) in [6.07, 6.45) is 6.01. The minimum Gasteiger partial charge on any atom is -0.0625 e. The Kier molecular flexibility index (Phi) is 5.45. The SMILES string of the molecule is [CH2]CCCCc1ccccc1CC(C)C. The normalized spacial score (nSPS) is 10.9. The maximum Gasteiger partial charge on any atom is -0.0253 e. The molecule has 0 aliphatic heterocycles. The van der Waals surface area contributed by atoms with Crippen LogP contribution in [0.1, 0.15) is 44.2 Å². The summed E-state index contributed by atoms with van der Waals surface area (Å²) < 4.78 is 0. The van der Waals surface area contributed by atoms with Gasteiger partial charge in [0.25, 0.3) is 0 Å². The molecule has 0 heteroatoms. The van der Waals surface area contributed by atoms with Crippen molar-refractivity contribution in [3.05, 3.63) is 42.3 Å². The first-order chi connectivity index (χ1) is 7.24. The van der Waals surface area contributed by atoms with Gasteiger partial charge in [-0.05, 0) is 36.3 Å². The van der Waals surface area contributed by atoms with E-state index in [4.69, 9.17) is 0 Å². The van der Waals surface area contributed by atoms with Gasteiger partial charge in [0.05, 0.1) is 0 Å². The molecule has 0 aliphatic rings. The second-order valence-corrected chi connectivity index (χ2v) is 4.68. The predicted octanol–water partition coefficient (Wildman–Crippen LogP) is 4.43. The maximum absolute atomic E-state index is 3.89. The lowest BCUT2D eigenvalue weighted by Gasteiger charge is -2.11. The topological polar surface area (TPSA) is 0 Å². The van der Waals surface area contributed by atoms with E-state index < -0.39 is 0 Å². The molecule has 0 spiro atoms. The molecule has 0 amide bonds. The summed E-state index contributed by atoms with van der Waals surface area (Å²) in [6, 6.07) is 8.87. The molecular weight excluding hydrogens is 180 g/mol. The molecule has 0 aliphatic carbocycles. The van der Waals surface area contributed by atoms with E-state index in [1.807, 2.05) is 0 Å². The third-order valence-electron chi connectivity index (χ3n) is 2.69.